The first-order valence-corrected chi connectivity index (χ1v) is 7.95. The highest BCUT2D eigenvalue weighted by atomic mass is 16.3. The molecule has 1 aliphatic rings. The van der Waals surface area contributed by atoms with Crippen LogP contribution in [-0.2, 0) is 0 Å². The quantitative estimate of drug-likeness (QED) is 0.781. The molecule has 0 spiro atoms. The molecule has 0 aromatic heterocycles. The van der Waals surface area contributed by atoms with Crippen molar-refractivity contribution in [3.05, 3.63) is 29.3 Å². The summed E-state index contributed by atoms with van der Waals surface area (Å²) in [4.78, 5) is 12.5. The topological polar surface area (TPSA) is 61.4 Å². The van der Waals surface area contributed by atoms with Gasteiger partial charge in [-0.2, -0.15) is 0 Å². The zero-order valence-electron chi connectivity index (χ0n) is 13.0. The molecule has 1 fully saturated rings. The van der Waals surface area contributed by atoms with Crippen molar-refractivity contribution in [1.29, 1.82) is 0 Å². The highest BCUT2D eigenvalue weighted by Gasteiger charge is 2.25. The minimum atomic E-state index is -0.416. The lowest BCUT2D eigenvalue weighted by Gasteiger charge is -2.28. The third-order valence-corrected chi connectivity index (χ3v) is 4.03. The van der Waals surface area contributed by atoms with E-state index >= 15 is 0 Å². The minimum Gasteiger partial charge on any atom is -0.391 e. The maximum absolute atomic E-state index is 12.5. The smallest absolute Gasteiger partial charge is 0.253 e. The molecule has 4 heteroatoms. The molecule has 1 aliphatic carbocycles. The Kier molecular flexibility index (Phi) is 5.62. The largest absolute Gasteiger partial charge is 0.391 e. The third-order valence-electron chi connectivity index (χ3n) is 4.03. The predicted octanol–water partition coefficient (Wildman–Crippen LogP) is 2.85. The summed E-state index contributed by atoms with van der Waals surface area (Å²) < 4.78 is 0. The van der Waals surface area contributed by atoms with E-state index in [0.717, 1.165) is 49.9 Å². The van der Waals surface area contributed by atoms with Crippen LogP contribution in [-0.4, -0.2) is 29.7 Å². The van der Waals surface area contributed by atoms with Gasteiger partial charge < -0.3 is 15.7 Å². The van der Waals surface area contributed by atoms with Crippen LogP contribution in [0.2, 0.25) is 0 Å². The number of aliphatic hydroxyl groups is 1. The van der Waals surface area contributed by atoms with E-state index in [0.29, 0.717) is 5.56 Å². The van der Waals surface area contributed by atoms with E-state index in [1.54, 1.807) is 0 Å². The second-order valence-electron chi connectivity index (χ2n) is 5.91. The molecule has 3 N–H and O–H groups in total. The number of hydrogen-bond donors (Lipinski definition) is 3. The number of carbonyl (C=O) groups is 1. The predicted molar refractivity (Wildman–Crippen MR) is 85.7 cm³/mol. The van der Waals surface area contributed by atoms with E-state index in [4.69, 9.17) is 0 Å². The maximum Gasteiger partial charge on any atom is 0.253 e. The number of amides is 1. The van der Waals surface area contributed by atoms with Crippen LogP contribution in [0.5, 0.6) is 0 Å². The first-order chi connectivity index (χ1) is 10.1. The van der Waals surface area contributed by atoms with Crippen molar-refractivity contribution in [2.45, 2.75) is 58.1 Å². The van der Waals surface area contributed by atoms with Crippen LogP contribution >= 0.6 is 0 Å². The maximum atomic E-state index is 12.5. The molecule has 1 amide bonds. The first-order valence-electron chi connectivity index (χ1n) is 7.95. The summed E-state index contributed by atoms with van der Waals surface area (Å²) in [5.41, 5.74) is 2.66. The van der Waals surface area contributed by atoms with Gasteiger partial charge in [0.1, 0.15) is 0 Å². The fraction of sp³-hybridized carbons (Fsp3) is 0.588. The molecule has 1 aromatic rings. The highest BCUT2D eigenvalue weighted by molar-refractivity contribution is 6.00. The van der Waals surface area contributed by atoms with Gasteiger partial charge in [0.2, 0.25) is 0 Å². The van der Waals surface area contributed by atoms with Crippen LogP contribution in [0.3, 0.4) is 0 Å². The third kappa shape index (κ3) is 4.21. The zero-order chi connectivity index (χ0) is 15.2. The van der Waals surface area contributed by atoms with Crippen LogP contribution in [0.15, 0.2) is 18.2 Å². The van der Waals surface area contributed by atoms with Crippen molar-refractivity contribution >= 4 is 11.6 Å². The van der Waals surface area contributed by atoms with E-state index in [1.165, 1.54) is 0 Å². The Morgan fingerprint density at radius 2 is 2.10 bits per heavy atom. The summed E-state index contributed by atoms with van der Waals surface area (Å²) in [6, 6.07) is 5.69. The normalized spacial score (nSPS) is 21.9. The summed E-state index contributed by atoms with van der Waals surface area (Å²) in [5, 5.41) is 16.3. The zero-order valence-corrected chi connectivity index (χ0v) is 13.0. The van der Waals surface area contributed by atoms with Gasteiger partial charge in [-0.15, -0.1) is 0 Å². The fourth-order valence-corrected chi connectivity index (χ4v) is 2.79. The Morgan fingerprint density at radius 3 is 2.81 bits per heavy atom. The van der Waals surface area contributed by atoms with Crippen LogP contribution in [0.25, 0.3) is 0 Å². The lowest BCUT2D eigenvalue weighted by molar-refractivity contribution is 0.0718. The monoisotopic (exact) mass is 290 g/mol. The Hall–Kier alpha value is -1.55. The average Bonchev–Trinajstić information content (AvgIpc) is 2.47. The molecule has 0 saturated heterocycles. The van der Waals surface area contributed by atoms with E-state index in [1.807, 2.05) is 25.1 Å². The Morgan fingerprint density at radius 1 is 1.33 bits per heavy atom. The minimum absolute atomic E-state index is 0.0976. The highest BCUT2D eigenvalue weighted by Crippen LogP contribution is 2.21. The van der Waals surface area contributed by atoms with Crippen molar-refractivity contribution in [2.24, 2.45) is 0 Å². The van der Waals surface area contributed by atoms with Gasteiger partial charge in [-0.25, -0.2) is 0 Å². The molecule has 116 valence electrons. The number of hydrogen-bond acceptors (Lipinski definition) is 3. The number of anilines is 1. The molecule has 1 saturated carbocycles. The molecule has 2 rings (SSSR count). The fourth-order valence-electron chi connectivity index (χ4n) is 2.79. The molecule has 0 heterocycles. The van der Waals surface area contributed by atoms with Gasteiger partial charge in [0, 0.05) is 12.2 Å². The van der Waals surface area contributed by atoms with Crippen LogP contribution in [0.4, 0.5) is 5.69 Å². The van der Waals surface area contributed by atoms with Gasteiger partial charge >= 0.3 is 0 Å². The number of nitrogens with one attached hydrogen (secondary N) is 2. The Labute approximate surface area is 126 Å². The molecule has 0 aliphatic heterocycles. The Bertz CT molecular complexity index is 488. The SMILES string of the molecule is CCCNc1cc(C)ccc1C(=O)NC1CCCCC1O. The number of benzene rings is 1. The van der Waals surface area contributed by atoms with Gasteiger partial charge in [-0.3, -0.25) is 4.79 Å². The Balaban J connectivity index is 2.10. The van der Waals surface area contributed by atoms with Crippen molar-refractivity contribution in [3.63, 3.8) is 0 Å². The van der Waals surface area contributed by atoms with E-state index in [-0.39, 0.29) is 11.9 Å². The number of aliphatic hydroxyl groups excluding tert-OH is 1. The van der Waals surface area contributed by atoms with Gasteiger partial charge in [0.25, 0.3) is 5.91 Å². The molecule has 21 heavy (non-hydrogen) atoms. The first kappa shape index (κ1) is 15.8. The van der Waals surface area contributed by atoms with Crippen molar-refractivity contribution < 1.29 is 9.90 Å². The molecule has 2 atom stereocenters. The van der Waals surface area contributed by atoms with E-state index in [2.05, 4.69) is 17.6 Å². The van der Waals surface area contributed by atoms with Crippen molar-refractivity contribution in [3.8, 4) is 0 Å². The molecular weight excluding hydrogens is 264 g/mol. The van der Waals surface area contributed by atoms with Crippen molar-refractivity contribution in [2.75, 3.05) is 11.9 Å². The van der Waals surface area contributed by atoms with Crippen LogP contribution < -0.4 is 10.6 Å². The second kappa shape index (κ2) is 7.46. The van der Waals surface area contributed by atoms with Crippen LogP contribution in [0.1, 0.15) is 54.9 Å². The summed E-state index contributed by atoms with van der Waals surface area (Å²) in [6.07, 6.45) is 4.34. The van der Waals surface area contributed by atoms with Gasteiger partial charge in [0.05, 0.1) is 17.7 Å². The van der Waals surface area contributed by atoms with E-state index in [9.17, 15) is 9.90 Å². The van der Waals surface area contributed by atoms with Gasteiger partial charge in [-0.1, -0.05) is 25.8 Å². The van der Waals surface area contributed by atoms with Crippen LogP contribution in [0, 0.1) is 6.92 Å². The molecule has 4 nitrogen and oxygen atoms in total. The number of aryl methyl sites for hydroxylation is 1. The molecule has 2 unspecified atom stereocenters. The molecule has 1 aromatic carbocycles. The van der Waals surface area contributed by atoms with Crippen molar-refractivity contribution in [1.82, 2.24) is 5.32 Å². The molecule has 0 bridgehead atoms. The summed E-state index contributed by atoms with van der Waals surface area (Å²) >= 11 is 0. The van der Waals surface area contributed by atoms with Gasteiger partial charge in [0.15, 0.2) is 0 Å². The van der Waals surface area contributed by atoms with Gasteiger partial charge in [-0.05, 0) is 43.9 Å². The lowest BCUT2D eigenvalue weighted by Crippen LogP contribution is -2.45. The summed E-state index contributed by atoms with van der Waals surface area (Å²) in [6.45, 7) is 4.96. The molecular formula is C17H26N2O2. The summed E-state index contributed by atoms with van der Waals surface area (Å²) in [5.74, 6) is -0.0976. The summed E-state index contributed by atoms with van der Waals surface area (Å²) in [7, 11) is 0. The number of rotatable bonds is 5. The standard InChI is InChI=1S/C17H26N2O2/c1-3-10-18-15-11-12(2)8-9-13(15)17(21)19-14-6-4-5-7-16(14)20/h8-9,11,14,16,18,20H,3-7,10H2,1-2H3,(H,19,21). The van der Waals surface area contributed by atoms with E-state index < -0.39 is 6.10 Å². The lowest BCUT2D eigenvalue weighted by atomic mass is 9.92. The number of carbonyl (C=O) groups excluding carboxylic acids is 1. The average molecular weight is 290 g/mol. The second-order valence-corrected chi connectivity index (χ2v) is 5.91. The molecule has 0 radical (unpaired) electrons.